The highest BCUT2D eigenvalue weighted by atomic mass is 16.6. The maximum Gasteiger partial charge on any atom is 0.407 e. The third-order valence-electron chi connectivity index (χ3n) is 9.55. The van der Waals surface area contributed by atoms with Crippen LogP contribution in [-0.2, 0) is 44.3 Å². The highest BCUT2D eigenvalue weighted by Gasteiger charge is 2.28. The van der Waals surface area contributed by atoms with Gasteiger partial charge < -0.3 is 47.9 Å². The molecule has 1 N–H and O–H groups in total. The lowest BCUT2D eigenvalue weighted by atomic mass is 9.98. The Morgan fingerprint density at radius 2 is 0.965 bits per heavy atom. The molecular weight excluding hydrogens is 727 g/mol. The summed E-state index contributed by atoms with van der Waals surface area (Å²) < 4.78 is 50.3. The molecule has 1 aliphatic carbocycles. The zero-order valence-electron chi connectivity index (χ0n) is 34.3. The smallest absolute Gasteiger partial charge is 0.407 e. The van der Waals surface area contributed by atoms with E-state index < -0.39 is 6.09 Å². The number of carbonyl (C=O) groups excluding carboxylic acids is 1. The molecule has 0 aliphatic heterocycles. The van der Waals surface area contributed by atoms with Gasteiger partial charge in [-0.25, -0.2) is 4.79 Å². The molecule has 316 valence electrons. The normalized spacial score (nSPS) is 12.1. The average molecular weight is 794 g/mol. The lowest BCUT2D eigenvalue weighted by molar-refractivity contribution is -0.0212. The lowest BCUT2D eigenvalue weighted by Crippen LogP contribution is -2.27. The molecular formula is C46H67NO10. The van der Waals surface area contributed by atoms with Gasteiger partial charge in [-0.2, -0.15) is 0 Å². The molecule has 0 saturated carbocycles. The summed E-state index contributed by atoms with van der Waals surface area (Å²) in [5, 5.41) is 2.81. The molecule has 0 bridgehead atoms. The summed E-state index contributed by atoms with van der Waals surface area (Å²) in [7, 11) is 0. The van der Waals surface area contributed by atoms with Crippen LogP contribution in [0.15, 0.2) is 72.8 Å². The van der Waals surface area contributed by atoms with E-state index in [4.69, 9.17) is 42.6 Å². The maximum absolute atomic E-state index is 12.3. The van der Waals surface area contributed by atoms with Crippen LogP contribution in [0.1, 0.15) is 74.5 Å². The summed E-state index contributed by atoms with van der Waals surface area (Å²) >= 11 is 0. The number of alkyl carbamates (subject to hydrolysis) is 1. The van der Waals surface area contributed by atoms with Gasteiger partial charge in [0.15, 0.2) is 0 Å². The molecule has 0 saturated heterocycles. The highest BCUT2D eigenvalue weighted by Crippen LogP contribution is 2.44. The summed E-state index contributed by atoms with van der Waals surface area (Å²) in [4.78, 5) is 12.3. The van der Waals surface area contributed by atoms with E-state index in [1.54, 1.807) is 0 Å². The summed E-state index contributed by atoms with van der Waals surface area (Å²) in [6.45, 7) is 10.6. The number of fused-ring (bicyclic) bond motifs is 3. The number of ether oxygens (including phenoxy) is 9. The molecule has 0 aromatic heterocycles. The summed E-state index contributed by atoms with van der Waals surface area (Å²) in [5.41, 5.74) is 6.19. The minimum atomic E-state index is -0.411. The summed E-state index contributed by atoms with van der Waals surface area (Å²) in [6, 6.07) is 25.0. The van der Waals surface area contributed by atoms with E-state index in [-0.39, 0.29) is 5.92 Å². The third kappa shape index (κ3) is 19.6. The van der Waals surface area contributed by atoms with E-state index in [0.29, 0.717) is 119 Å². The predicted octanol–water partition coefficient (Wildman–Crippen LogP) is 8.01. The van der Waals surface area contributed by atoms with E-state index in [1.807, 2.05) is 36.4 Å². The molecule has 0 heterocycles. The summed E-state index contributed by atoms with van der Waals surface area (Å²) in [6.07, 6.45) is 9.35. The molecule has 0 unspecified atom stereocenters. The monoisotopic (exact) mass is 793 g/mol. The third-order valence-corrected chi connectivity index (χ3v) is 9.55. The quantitative estimate of drug-likeness (QED) is 0.0588. The first-order valence-corrected chi connectivity index (χ1v) is 21.1. The first kappa shape index (κ1) is 46.1. The largest absolute Gasteiger partial charge is 0.491 e. The molecule has 4 rings (SSSR count). The second-order valence-electron chi connectivity index (χ2n) is 13.9. The Kier molecular flexibility index (Phi) is 24.7. The predicted molar refractivity (Wildman–Crippen MR) is 222 cm³/mol. The minimum absolute atomic E-state index is 0.0521. The Hall–Kier alpha value is -3.55. The van der Waals surface area contributed by atoms with Crippen LogP contribution in [0.25, 0.3) is 11.1 Å². The van der Waals surface area contributed by atoms with Crippen LogP contribution in [-0.4, -0.2) is 118 Å². The van der Waals surface area contributed by atoms with Gasteiger partial charge in [0, 0.05) is 19.1 Å². The fraction of sp³-hybridized carbons (Fsp3) is 0.587. The van der Waals surface area contributed by atoms with Crippen LogP contribution >= 0.6 is 0 Å². The molecule has 0 spiro atoms. The van der Waals surface area contributed by atoms with Crippen LogP contribution in [0.2, 0.25) is 0 Å². The van der Waals surface area contributed by atoms with Crippen molar-refractivity contribution < 1.29 is 47.4 Å². The zero-order chi connectivity index (χ0) is 39.9. The molecule has 0 fully saturated rings. The standard InChI is InChI=1S/C46H67NO10/c1-2-3-4-5-6-7-13-39-18-20-40(21-19-39)56-37-36-55-35-34-54-33-32-53-31-30-52-29-28-51-27-26-50-25-24-49-23-12-22-47-46(48)57-38-45-43-16-10-8-14-41(43)42-15-9-11-17-44(42)45/h8-11,14-21,45H,2-7,12-13,22-38H2,1H3,(H,47,48). The van der Waals surface area contributed by atoms with Gasteiger partial charge >= 0.3 is 6.09 Å². The van der Waals surface area contributed by atoms with Gasteiger partial charge in [0.2, 0.25) is 0 Å². The number of hydrogen-bond donors (Lipinski definition) is 1. The van der Waals surface area contributed by atoms with Crippen molar-refractivity contribution in [3.05, 3.63) is 89.5 Å². The fourth-order valence-electron chi connectivity index (χ4n) is 6.52. The van der Waals surface area contributed by atoms with E-state index in [0.717, 1.165) is 12.2 Å². The molecule has 57 heavy (non-hydrogen) atoms. The SMILES string of the molecule is CCCCCCCCc1ccc(OCCOCCOCCOCCOCCOCCOCCOCCCNC(=O)OCC2c3ccccc3-c3ccccc32)cc1. The summed E-state index contributed by atoms with van der Waals surface area (Å²) in [5.74, 6) is 0.934. The number of rotatable bonds is 35. The number of carbonyl (C=O) groups is 1. The second kappa shape index (κ2) is 30.5. The van der Waals surface area contributed by atoms with Crippen LogP contribution in [0.5, 0.6) is 5.75 Å². The van der Waals surface area contributed by atoms with Crippen molar-refractivity contribution in [3.63, 3.8) is 0 Å². The molecule has 3 aromatic rings. The average Bonchev–Trinajstić information content (AvgIpc) is 3.56. The topological polar surface area (TPSA) is 112 Å². The van der Waals surface area contributed by atoms with Gasteiger partial charge in [-0.3, -0.25) is 0 Å². The van der Waals surface area contributed by atoms with E-state index >= 15 is 0 Å². The number of aryl methyl sites for hydroxylation is 1. The second-order valence-corrected chi connectivity index (χ2v) is 13.9. The lowest BCUT2D eigenvalue weighted by Gasteiger charge is -2.14. The van der Waals surface area contributed by atoms with Crippen molar-refractivity contribution >= 4 is 6.09 Å². The van der Waals surface area contributed by atoms with Crippen molar-refractivity contribution in [1.29, 1.82) is 0 Å². The van der Waals surface area contributed by atoms with Crippen LogP contribution < -0.4 is 10.1 Å². The zero-order valence-corrected chi connectivity index (χ0v) is 34.3. The minimum Gasteiger partial charge on any atom is -0.491 e. The van der Waals surface area contributed by atoms with Crippen molar-refractivity contribution in [2.24, 2.45) is 0 Å². The van der Waals surface area contributed by atoms with Crippen LogP contribution in [0.3, 0.4) is 0 Å². The van der Waals surface area contributed by atoms with Gasteiger partial charge in [0.1, 0.15) is 19.0 Å². The van der Waals surface area contributed by atoms with E-state index in [9.17, 15) is 4.79 Å². The molecule has 1 amide bonds. The highest BCUT2D eigenvalue weighted by molar-refractivity contribution is 5.79. The number of unbranched alkanes of at least 4 members (excludes halogenated alkanes) is 5. The van der Waals surface area contributed by atoms with Gasteiger partial charge in [0.05, 0.1) is 85.9 Å². The van der Waals surface area contributed by atoms with Crippen LogP contribution in [0, 0.1) is 0 Å². The Labute approximate surface area is 340 Å². The first-order chi connectivity index (χ1) is 28.3. The maximum atomic E-state index is 12.3. The van der Waals surface area contributed by atoms with E-state index in [1.165, 1.54) is 66.3 Å². The number of nitrogens with one attached hydrogen (secondary N) is 1. The Bertz CT molecular complexity index is 1410. The van der Waals surface area contributed by atoms with Crippen molar-refractivity contribution in [2.75, 3.05) is 112 Å². The van der Waals surface area contributed by atoms with Gasteiger partial charge in [0.25, 0.3) is 0 Å². The molecule has 0 atom stereocenters. The van der Waals surface area contributed by atoms with Gasteiger partial charge in [-0.05, 0) is 59.2 Å². The molecule has 1 aliphatic rings. The molecule has 0 radical (unpaired) electrons. The van der Waals surface area contributed by atoms with E-state index in [2.05, 4.69) is 48.6 Å². The number of amides is 1. The molecule has 11 nitrogen and oxygen atoms in total. The number of hydrogen-bond acceptors (Lipinski definition) is 10. The Balaban J connectivity index is 0.808. The van der Waals surface area contributed by atoms with Gasteiger partial charge in [-0.1, -0.05) is 99.7 Å². The van der Waals surface area contributed by atoms with Crippen molar-refractivity contribution in [3.8, 4) is 16.9 Å². The van der Waals surface area contributed by atoms with Crippen molar-refractivity contribution in [2.45, 2.75) is 64.2 Å². The van der Waals surface area contributed by atoms with Crippen molar-refractivity contribution in [1.82, 2.24) is 5.32 Å². The van der Waals surface area contributed by atoms with Crippen LogP contribution in [0.4, 0.5) is 4.79 Å². The Morgan fingerprint density at radius 3 is 1.49 bits per heavy atom. The molecule has 3 aromatic carbocycles. The molecule has 11 heteroatoms. The Morgan fingerprint density at radius 1 is 0.509 bits per heavy atom. The van der Waals surface area contributed by atoms with Gasteiger partial charge in [-0.15, -0.1) is 0 Å². The first-order valence-electron chi connectivity index (χ1n) is 21.1. The number of benzene rings is 3. The fourth-order valence-corrected chi connectivity index (χ4v) is 6.52.